The van der Waals surface area contributed by atoms with Crippen LogP contribution < -0.4 is 16.2 Å². The SMILES string of the molecule is CCC(CN)NS(=O)(=O)c1ccc2[nH]c(=O)oc2c1. The summed E-state index contributed by atoms with van der Waals surface area (Å²) in [5, 5.41) is 0. The number of aromatic amines is 1. The van der Waals surface area contributed by atoms with Gasteiger partial charge in [0.05, 0.1) is 10.4 Å². The van der Waals surface area contributed by atoms with E-state index in [9.17, 15) is 13.2 Å². The molecule has 0 fully saturated rings. The Morgan fingerprint density at radius 3 is 2.84 bits per heavy atom. The molecule has 7 nitrogen and oxygen atoms in total. The molecule has 0 amide bonds. The van der Waals surface area contributed by atoms with Gasteiger partial charge in [-0.15, -0.1) is 0 Å². The van der Waals surface area contributed by atoms with E-state index in [2.05, 4.69) is 9.71 Å². The number of sulfonamides is 1. The molecule has 0 saturated heterocycles. The summed E-state index contributed by atoms with van der Waals surface area (Å²) in [5.74, 6) is -0.620. The third kappa shape index (κ3) is 2.86. The molecule has 0 radical (unpaired) electrons. The molecule has 2 rings (SSSR count). The molecule has 4 N–H and O–H groups in total. The highest BCUT2D eigenvalue weighted by atomic mass is 32.2. The van der Waals surface area contributed by atoms with E-state index in [-0.39, 0.29) is 23.1 Å². The van der Waals surface area contributed by atoms with Crippen molar-refractivity contribution in [2.24, 2.45) is 5.73 Å². The maximum atomic E-state index is 12.1. The van der Waals surface area contributed by atoms with Gasteiger partial charge in [-0.1, -0.05) is 6.92 Å². The second-order valence-corrected chi connectivity index (χ2v) is 5.85. The van der Waals surface area contributed by atoms with Crippen LogP contribution in [0, 0.1) is 0 Å². The molecule has 0 aliphatic carbocycles. The standard InChI is InChI=1S/C11H15N3O4S/c1-2-7(6-12)14-19(16,17)8-3-4-9-10(5-8)18-11(15)13-9/h3-5,7,14H,2,6,12H2,1H3,(H,13,15). The second-order valence-electron chi connectivity index (χ2n) is 4.13. The van der Waals surface area contributed by atoms with Gasteiger partial charge in [0.2, 0.25) is 10.0 Å². The first-order valence-corrected chi connectivity index (χ1v) is 7.30. The zero-order chi connectivity index (χ0) is 14.0. The van der Waals surface area contributed by atoms with Crippen LogP contribution in [0.15, 0.2) is 32.3 Å². The Hall–Kier alpha value is -1.64. The van der Waals surface area contributed by atoms with Crippen LogP contribution in [0.25, 0.3) is 11.1 Å². The van der Waals surface area contributed by atoms with E-state index >= 15 is 0 Å². The number of rotatable bonds is 5. The van der Waals surface area contributed by atoms with E-state index in [0.717, 1.165) is 0 Å². The fraction of sp³-hybridized carbons (Fsp3) is 0.364. The van der Waals surface area contributed by atoms with Crippen LogP contribution in [0.3, 0.4) is 0 Å². The smallest absolute Gasteiger partial charge is 0.408 e. The second kappa shape index (κ2) is 5.16. The van der Waals surface area contributed by atoms with Gasteiger partial charge in [-0.2, -0.15) is 0 Å². The largest absolute Gasteiger partial charge is 0.417 e. The molecule has 0 bridgehead atoms. The molecule has 19 heavy (non-hydrogen) atoms. The molecule has 1 atom stereocenters. The van der Waals surface area contributed by atoms with Gasteiger partial charge >= 0.3 is 5.76 Å². The van der Waals surface area contributed by atoms with Gasteiger partial charge in [0, 0.05) is 18.7 Å². The molecule has 1 aromatic heterocycles. The molecule has 8 heteroatoms. The van der Waals surface area contributed by atoms with Crippen molar-refractivity contribution in [3.05, 3.63) is 28.7 Å². The average molecular weight is 285 g/mol. The van der Waals surface area contributed by atoms with Crippen LogP contribution >= 0.6 is 0 Å². The first kappa shape index (κ1) is 13.8. The minimum absolute atomic E-state index is 0.0367. The lowest BCUT2D eigenvalue weighted by molar-refractivity contribution is 0.540. The topological polar surface area (TPSA) is 118 Å². The number of hydrogen-bond donors (Lipinski definition) is 3. The Kier molecular flexibility index (Phi) is 3.74. The maximum absolute atomic E-state index is 12.1. The van der Waals surface area contributed by atoms with Crippen molar-refractivity contribution in [3.8, 4) is 0 Å². The molecule has 0 aliphatic heterocycles. The lowest BCUT2D eigenvalue weighted by atomic mass is 10.2. The summed E-state index contributed by atoms with van der Waals surface area (Å²) in [6.45, 7) is 2.06. The van der Waals surface area contributed by atoms with E-state index in [1.54, 1.807) is 0 Å². The Labute approximate surface area is 109 Å². The maximum Gasteiger partial charge on any atom is 0.417 e. The van der Waals surface area contributed by atoms with Crippen LogP contribution in [0.5, 0.6) is 0 Å². The first-order chi connectivity index (χ1) is 8.96. The van der Waals surface area contributed by atoms with Gasteiger partial charge < -0.3 is 10.2 Å². The summed E-state index contributed by atoms with van der Waals surface area (Å²) < 4.78 is 31.6. The van der Waals surface area contributed by atoms with Crippen LogP contribution in [-0.2, 0) is 10.0 Å². The molecular formula is C11H15N3O4S. The molecule has 0 saturated carbocycles. The number of hydrogen-bond acceptors (Lipinski definition) is 5. The Balaban J connectivity index is 2.39. The van der Waals surface area contributed by atoms with E-state index < -0.39 is 15.8 Å². The highest BCUT2D eigenvalue weighted by molar-refractivity contribution is 7.89. The number of aromatic nitrogens is 1. The summed E-state index contributed by atoms with van der Waals surface area (Å²) in [6.07, 6.45) is 0.594. The lowest BCUT2D eigenvalue weighted by Crippen LogP contribution is -2.39. The predicted octanol–water partition coefficient (Wildman–Crippen LogP) is 0.137. The highest BCUT2D eigenvalue weighted by Crippen LogP contribution is 2.16. The van der Waals surface area contributed by atoms with Gasteiger partial charge in [0.15, 0.2) is 5.58 Å². The number of nitrogens with one attached hydrogen (secondary N) is 2. The zero-order valence-corrected chi connectivity index (χ0v) is 11.2. The number of benzene rings is 1. The van der Waals surface area contributed by atoms with Crippen LogP contribution in [0.2, 0.25) is 0 Å². The molecule has 2 aromatic rings. The zero-order valence-electron chi connectivity index (χ0n) is 10.3. The van der Waals surface area contributed by atoms with Gasteiger partial charge in [-0.25, -0.2) is 17.9 Å². The number of fused-ring (bicyclic) bond motifs is 1. The minimum atomic E-state index is -3.67. The number of nitrogens with two attached hydrogens (primary N) is 1. The highest BCUT2D eigenvalue weighted by Gasteiger charge is 2.19. The Bertz CT molecular complexity index is 728. The summed E-state index contributed by atoms with van der Waals surface area (Å²) in [6, 6.07) is 3.87. The molecule has 1 aromatic carbocycles. The van der Waals surface area contributed by atoms with Gasteiger partial charge in [0.25, 0.3) is 0 Å². The normalized spacial score (nSPS) is 13.8. The Morgan fingerprint density at radius 2 is 2.21 bits per heavy atom. The average Bonchev–Trinajstić information content (AvgIpc) is 2.74. The predicted molar refractivity (Wildman–Crippen MR) is 70.3 cm³/mol. The summed E-state index contributed by atoms with van der Waals surface area (Å²) >= 11 is 0. The van der Waals surface area contributed by atoms with Crippen molar-refractivity contribution in [1.82, 2.24) is 9.71 Å². The van der Waals surface area contributed by atoms with Crippen molar-refractivity contribution in [3.63, 3.8) is 0 Å². The fourth-order valence-electron chi connectivity index (χ4n) is 1.68. The van der Waals surface area contributed by atoms with Crippen molar-refractivity contribution in [1.29, 1.82) is 0 Å². The van der Waals surface area contributed by atoms with Crippen molar-refractivity contribution < 1.29 is 12.8 Å². The summed E-state index contributed by atoms with van der Waals surface area (Å²) in [5.41, 5.74) is 6.13. The first-order valence-electron chi connectivity index (χ1n) is 5.81. The molecule has 104 valence electrons. The minimum Gasteiger partial charge on any atom is -0.408 e. The molecule has 0 spiro atoms. The van der Waals surface area contributed by atoms with Gasteiger partial charge in [-0.05, 0) is 18.6 Å². The van der Waals surface area contributed by atoms with Crippen LogP contribution in [0.4, 0.5) is 0 Å². The third-order valence-electron chi connectivity index (χ3n) is 2.80. The molecular weight excluding hydrogens is 270 g/mol. The summed E-state index contributed by atoms with van der Waals surface area (Å²) in [7, 11) is -3.67. The van der Waals surface area contributed by atoms with Crippen molar-refractivity contribution in [2.45, 2.75) is 24.3 Å². The van der Waals surface area contributed by atoms with Crippen molar-refractivity contribution in [2.75, 3.05) is 6.54 Å². The summed E-state index contributed by atoms with van der Waals surface area (Å²) in [4.78, 5) is 13.5. The quantitative estimate of drug-likeness (QED) is 0.722. The Morgan fingerprint density at radius 1 is 1.47 bits per heavy atom. The van der Waals surface area contributed by atoms with E-state index in [1.165, 1.54) is 18.2 Å². The van der Waals surface area contributed by atoms with E-state index in [4.69, 9.17) is 10.2 Å². The molecule has 1 unspecified atom stereocenters. The lowest BCUT2D eigenvalue weighted by Gasteiger charge is -2.14. The van der Waals surface area contributed by atoms with E-state index in [0.29, 0.717) is 11.9 Å². The third-order valence-corrected chi connectivity index (χ3v) is 4.32. The van der Waals surface area contributed by atoms with Gasteiger partial charge in [0.1, 0.15) is 0 Å². The molecule has 1 heterocycles. The number of oxazole rings is 1. The molecule has 0 aliphatic rings. The monoisotopic (exact) mass is 285 g/mol. The van der Waals surface area contributed by atoms with Crippen molar-refractivity contribution >= 4 is 21.1 Å². The van der Waals surface area contributed by atoms with Crippen LogP contribution in [0.1, 0.15) is 13.3 Å². The van der Waals surface area contributed by atoms with Gasteiger partial charge in [-0.3, -0.25) is 4.98 Å². The van der Waals surface area contributed by atoms with Crippen LogP contribution in [-0.4, -0.2) is 26.0 Å². The number of H-pyrrole nitrogens is 1. The van der Waals surface area contributed by atoms with E-state index in [1.807, 2.05) is 6.92 Å². The fourth-order valence-corrected chi connectivity index (χ4v) is 3.03.